The molecule has 1 unspecified atom stereocenters. The molecule has 0 radical (unpaired) electrons. The third-order valence-corrected chi connectivity index (χ3v) is 6.58. The molecule has 146 valence electrons. The number of halogens is 1. The smallest absolute Gasteiger partial charge is 0.180 e. The average molecular weight is 415 g/mol. The van der Waals surface area contributed by atoms with Crippen molar-refractivity contribution in [3.05, 3.63) is 62.5 Å². The number of nitrogens with two attached hydrogens (primary N) is 1. The minimum Gasteiger partial charge on any atom is -0.329 e. The number of hydrogen-bond acceptors (Lipinski definition) is 6. The van der Waals surface area contributed by atoms with Crippen molar-refractivity contribution in [2.24, 2.45) is 10.7 Å². The summed E-state index contributed by atoms with van der Waals surface area (Å²) in [7, 11) is 0. The van der Waals surface area contributed by atoms with Gasteiger partial charge in [0.1, 0.15) is 10.8 Å². The van der Waals surface area contributed by atoms with Crippen LogP contribution in [0.15, 0.2) is 29.3 Å². The van der Waals surface area contributed by atoms with E-state index in [0.717, 1.165) is 33.5 Å². The summed E-state index contributed by atoms with van der Waals surface area (Å²) < 4.78 is 2.12. The fraction of sp³-hybridized carbons (Fsp3) is 0.350. The molecule has 0 saturated heterocycles. The number of aromatic nitrogens is 3. The van der Waals surface area contributed by atoms with E-state index in [0.29, 0.717) is 18.1 Å². The molecule has 8 heteroatoms. The first-order chi connectivity index (χ1) is 13.4. The Balaban J connectivity index is 2.05. The molecule has 2 aromatic heterocycles. The highest BCUT2D eigenvalue weighted by molar-refractivity contribution is 7.15. The lowest BCUT2D eigenvalue weighted by molar-refractivity contribution is 0.363. The van der Waals surface area contributed by atoms with Crippen LogP contribution in [0.2, 0.25) is 5.02 Å². The van der Waals surface area contributed by atoms with Gasteiger partial charge in [0, 0.05) is 34.1 Å². The molecule has 3 N–H and O–H groups in total. The Morgan fingerprint density at radius 3 is 2.57 bits per heavy atom. The summed E-state index contributed by atoms with van der Waals surface area (Å²) in [5.74, 6) is 1.61. The molecule has 1 aliphatic heterocycles. The van der Waals surface area contributed by atoms with Gasteiger partial charge in [-0.2, -0.15) is 0 Å². The minimum atomic E-state index is -0.755. The zero-order valence-corrected chi connectivity index (χ0v) is 17.9. The van der Waals surface area contributed by atoms with Gasteiger partial charge in [0.05, 0.1) is 5.71 Å². The number of aliphatic imine (C=N–C) groups is 1. The maximum atomic E-state index is 6.13. The van der Waals surface area contributed by atoms with Crippen LogP contribution >= 0.6 is 22.9 Å². The maximum Gasteiger partial charge on any atom is 0.180 e. The predicted molar refractivity (Wildman–Crippen MR) is 115 cm³/mol. The van der Waals surface area contributed by atoms with Gasteiger partial charge < -0.3 is 5.73 Å². The minimum absolute atomic E-state index is 0.508. The molecule has 0 bridgehead atoms. The number of thiophene rings is 1. The fourth-order valence-corrected chi connectivity index (χ4v) is 4.88. The Morgan fingerprint density at radius 1 is 1.18 bits per heavy atom. The van der Waals surface area contributed by atoms with Crippen molar-refractivity contribution in [1.29, 1.82) is 0 Å². The number of fused-ring (bicyclic) bond motifs is 3. The lowest BCUT2D eigenvalue weighted by Gasteiger charge is -2.25. The number of nitrogens with zero attached hydrogens (tertiary/aromatic N) is 4. The summed E-state index contributed by atoms with van der Waals surface area (Å²) in [6.07, 6.45) is 0. The Hall–Kier alpha value is -2.06. The Kier molecular flexibility index (Phi) is 4.87. The van der Waals surface area contributed by atoms with Crippen molar-refractivity contribution in [3.8, 4) is 5.00 Å². The molecule has 6 nitrogen and oxygen atoms in total. The van der Waals surface area contributed by atoms with Gasteiger partial charge in [-0.05, 0) is 45.4 Å². The van der Waals surface area contributed by atoms with Crippen LogP contribution in [-0.2, 0) is 5.66 Å². The van der Waals surface area contributed by atoms with E-state index in [1.807, 2.05) is 38.1 Å². The fourth-order valence-electron chi connectivity index (χ4n) is 3.55. The van der Waals surface area contributed by atoms with Crippen molar-refractivity contribution < 1.29 is 0 Å². The van der Waals surface area contributed by atoms with Gasteiger partial charge >= 0.3 is 0 Å². The van der Waals surface area contributed by atoms with Gasteiger partial charge in [-0.15, -0.1) is 21.5 Å². The normalized spacial score (nSPS) is 18.4. The third kappa shape index (κ3) is 2.99. The van der Waals surface area contributed by atoms with Crippen LogP contribution in [0.4, 0.5) is 0 Å². The Bertz CT molecular complexity index is 1070. The molecule has 3 aromatic rings. The molecule has 28 heavy (non-hydrogen) atoms. The highest BCUT2D eigenvalue weighted by Gasteiger charge is 2.38. The van der Waals surface area contributed by atoms with E-state index in [2.05, 4.69) is 33.9 Å². The number of nitrogens with one attached hydrogen (secondary N) is 1. The molecular weight excluding hydrogens is 392 g/mol. The van der Waals surface area contributed by atoms with E-state index >= 15 is 0 Å². The average Bonchev–Trinajstić information content (AvgIpc) is 3.16. The first-order valence-corrected chi connectivity index (χ1v) is 10.4. The molecule has 0 fully saturated rings. The number of hydrogen-bond donors (Lipinski definition) is 2. The second-order valence-corrected chi connectivity index (χ2v) is 8.76. The van der Waals surface area contributed by atoms with Gasteiger partial charge in [0.15, 0.2) is 11.5 Å². The topological polar surface area (TPSA) is 81.1 Å². The number of benzene rings is 1. The highest BCUT2D eigenvalue weighted by Crippen LogP contribution is 2.39. The summed E-state index contributed by atoms with van der Waals surface area (Å²) in [4.78, 5) is 6.46. The number of rotatable bonds is 4. The zero-order valence-electron chi connectivity index (χ0n) is 16.4. The first kappa shape index (κ1) is 19.3. The molecule has 0 saturated carbocycles. The van der Waals surface area contributed by atoms with Gasteiger partial charge in [-0.1, -0.05) is 23.7 Å². The highest BCUT2D eigenvalue weighted by atomic mass is 35.5. The molecule has 4 rings (SSSR count). The van der Waals surface area contributed by atoms with Crippen molar-refractivity contribution in [1.82, 2.24) is 20.1 Å². The lowest BCUT2D eigenvalue weighted by atomic mass is 9.99. The van der Waals surface area contributed by atoms with Crippen molar-refractivity contribution in [3.63, 3.8) is 0 Å². The van der Waals surface area contributed by atoms with Crippen LogP contribution in [0.25, 0.3) is 5.00 Å². The standard InChI is InChI=1S/C20H23ClN6S/c1-11-12(2)28-18-16(11)17(14-5-7-15(21)8-6-14)24-20(4,23-10-9-22)19-26-25-13(3)27(18)19/h5-8,23H,9-10,22H2,1-4H3. The van der Waals surface area contributed by atoms with Gasteiger partial charge in [0.2, 0.25) is 0 Å². The molecule has 1 atom stereocenters. The summed E-state index contributed by atoms with van der Waals surface area (Å²) in [5.41, 5.74) is 9.29. The molecular formula is C20H23ClN6S. The third-order valence-electron chi connectivity index (χ3n) is 5.13. The van der Waals surface area contributed by atoms with E-state index in [1.54, 1.807) is 11.3 Å². The van der Waals surface area contributed by atoms with Crippen molar-refractivity contribution in [2.45, 2.75) is 33.4 Å². The molecule has 1 aliphatic rings. The second kappa shape index (κ2) is 7.08. The van der Waals surface area contributed by atoms with E-state index in [-0.39, 0.29) is 0 Å². The van der Waals surface area contributed by atoms with Crippen LogP contribution in [0.5, 0.6) is 0 Å². The summed E-state index contributed by atoms with van der Waals surface area (Å²) in [6, 6.07) is 7.82. The monoisotopic (exact) mass is 414 g/mol. The van der Waals surface area contributed by atoms with E-state index in [1.165, 1.54) is 10.4 Å². The van der Waals surface area contributed by atoms with E-state index < -0.39 is 5.66 Å². The van der Waals surface area contributed by atoms with Crippen LogP contribution in [0.1, 0.15) is 40.1 Å². The van der Waals surface area contributed by atoms with Gasteiger partial charge in [-0.25, -0.2) is 0 Å². The molecule has 0 amide bonds. The molecule has 3 heterocycles. The van der Waals surface area contributed by atoms with Crippen molar-refractivity contribution in [2.75, 3.05) is 13.1 Å². The first-order valence-electron chi connectivity index (χ1n) is 9.20. The molecule has 0 spiro atoms. The summed E-state index contributed by atoms with van der Waals surface area (Å²) in [5, 5.41) is 14.1. The van der Waals surface area contributed by atoms with E-state index in [4.69, 9.17) is 22.3 Å². The van der Waals surface area contributed by atoms with E-state index in [9.17, 15) is 0 Å². The van der Waals surface area contributed by atoms with Crippen LogP contribution in [0.3, 0.4) is 0 Å². The quantitative estimate of drug-likeness (QED) is 0.684. The molecule has 0 aliphatic carbocycles. The predicted octanol–water partition coefficient (Wildman–Crippen LogP) is 3.48. The summed E-state index contributed by atoms with van der Waals surface area (Å²) >= 11 is 7.87. The molecule has 1 aromatic carbocycles. The Morgan fingerprint density at radius 2 is 1.89 bits per heavy atom. The van der Waals surface area contributed by atoms with Gasteiger partial charge in [0.25, 0.3) is 0 Å². The Labute approximate surface area is 173 Å². The number of aryl methyl sites for hydroxylation is 2. The van der Waals surface area contributed by atoms with Crippen molar-refractivity contribution >= 4 is 28.6 Å². The van der Waals surface area contributed by atoms with Gasteiger partial charge in [-0.3, -0.25) is 14.9 Å². The zero-order chi connectivity index (χ0) is 20.1. The largest absolute Gasteiger partial charge is 0.329 e. The maximum absolute atomic E-state index is 6.13. The van der Waals surface area contributed by atoms with Crippen LogP contribution in [0, 0.1) is 20.8 Å². The summed E-state index contributed by atoms with van der Waals surface area (Å²) in [6.45, 7) is 9.41. The second-order valence-electron chi connectivity index (χ2n) is 7.12. The van der Waals surface area contributed by atoms with Crippen LogP contribution in [-0.4, -0.2) is 33.6 Å². The lowest BCUT2D eigenvalue weighted by Crippen LogP contribution is -2.42. The SMILES string of the molecule is Cc1sc2c(c1C)C(c1ccc(Cl)cc1)=NC(C)(NCCN)c1nnc(C)n1-2. The van der Waals surface area contributed by atoms with Crippen LogP contribution < -0.4 is 11.1 Å².